The van der Waals surface area contributed by atoms with Gasteiger partial charge in [-0.3, -0.25) is 0 Å². The highest BCUT2D eigenvalue weighted by Gasteiger charge is 1.98. The van der Waals surface area contributed by atoms with Crippen LogP contribution >= 0.6 is 0 Å². The van der Waals surface area contributed by atoms with E-state index in [2.05, 4.69) is 29.3 Å². The summed E-state index contributed by atoms with van der Waals surface area (Å²) < 4.78 is 0. The van der Waals surface area contributed by atoms with Gasteiger partial charge in [-0.05, 0) is 59.5 Å². The van der Waals surface area contributed by atoms with Gasteiger partial charge < -0.3 is 5.73 Å². The molecule has 3 aromatic carbocycles. The number of anilines is 1. The minimum atomic E-state index is 0.772. The summed E-state index contributed by atoms with van der Waals surface area (Å²) in [5.41, 5.74) is 11.8. The van der Waals surface area contributed by atoms with Crippen LogP contribution in [0.15, 0.2) is 83.0 Å². The molecule has 0 aliphatic heterocycles. The van der Waals surface area contributed by atoms with Crippen molar-refractivity contribution in [2.45, 2.75) is 13.3 Å². The lowest BCUT2D eigenvalue weighted by atomic mass is 10.1. The Morgan fingerprint density at radius 2 is 1.09 bits per heavy atom. The minimum Gasteiger partial charge on any atom is -0.399 e. The van der Waals surface area contributed by atoms with E-state index in [1.807, 2.05) is 60.7 Å². The molecule has 0 bridgehead atoms. The van der Waals surface area contributed by atoms with Crippen LogP contribution in [0.5, 0.6) is 0 Å². The van der Waals surface area contributed by atoms with Crippen LogP contribution in [0.25, 0.3) is 11.1 Å². The van der Waals surface area contributed by atoms with E-state index < -0.39 is 0 Å². The predicted molar refractivity (Wildman–Crippen MR) is 96.3 cm³/mol. The van der Waals surface area contributed by atoms with Gasteiger partial charge in [0.2, 0.25) is 0 Å². The van der Waals surface area contributed by atoms with Gasteiger partial charge in [-0.1, -0.05) is 43.3 Å². The number of nitrogen functional groups attached to an aromatic ring is 1. The Morgan fingerprint density at radius 1 is 0.652 bits per heavy atom. The van der Waals surface area contributed by atoms with Gasteiger partial charge in [0.05, 0.1) is 11.4 Å². The highest BCUT2D eigenvalue weighted by Crippen LogP contribution is 2.24. The third-order valence-electron chi connectivity index (χ3n) is 3.74. The predicted octanol–water partition coefficient (Wildman–Crippen LogP) is 5.91. The Morgan fingerprint density at radius 3 is 1.57 bits per heavy atom. The van der Waals surface area contributed by atoms with Gasteiger partial charge in [0.25, 0.3) is 0 Å². The molecule has 0 unspecified atom stereocenters. The molecule has 0 aliphatic rings. The molecule has 114 valence electrons. The van der Waals surface area contributed by atoms with Gasteiger partial charge in [0, 0.05) is 5.69 Å². The molecule has 0 spiro atoms. The average Bonchev–Trinajstić information content (AvgIpc) is 2.61. The second-order valence-electron chi connectivity index (χ2n) is 5.39. The van der Waals surface area contributed by atoms with Crippen molar-refractivity contribution in [3.05, 3.63) is 78.4 Å². The minimum absolute atomic E-state index is 0.772. The average molecular weight is 301 g/mol. The summed E-state index contributed by atoms with van der Waals surface area (Å²) in [6, 6.07) is 24.0. The first-order chi connectivity index (χ1) is 11.2. The Kier molecular flexibility index (Phi) is 4.48. The van der Waals surface area contributed by atoms with Gasteiger partial charge in [-0.25, -0.2) is 0 Å². The van der Waals surface area contributed by atoms with Crippen LogP contribution in [0.1, 0.15) is 12.5 Å². The molecule has 0 aliphatic carbocycles. The number of aryl methyl sites for hydroxylation is 1. The second kappa shape index (κ2) is 6.88. The maximum Gasteiger partial charge on any atom is 0.0857 e. The number of azo groups is 1. The maximum atomic E-state index is 5.71. The SMILES string of the molecule is CCc1ccc(N=Nc2ccc(-c3ccc(N)cc3)cc2)cc1. The van der Waals surface area contributed by atoms with E-state index in [1.54, 1.807) is 0 Å². The Balaban J connectivity index is 1.73. The summed E-state index contributed by atoms with van der Waals surface area (Å²) in [6.45, 7) is 2.14. The van der Waals surface area contributed by atoms with Crippen LogP contribution in [-0.2, 0) is 6.42 Å². The molecule has 0 saturated heterocycles. The van der Waals surface area contributed by atoms with Gasteiger partial charge in [-0.15, -0.1) is 0 Å². The fraction of sp³-hybridized carbons (Fsp3) is 0.100. The van der Waals surface area contributed by atoms with Crippen molar-refractivity contribution in [3.63, 3.8) is 0 Å². The molecule has 0 atom stereocenters. The van der Waals surface area contributed by atoms with Gasteiger partial charge in [0.15, 0.2) is 0 Å². The Hall–Kier alpha value is -2.94. The van der Waals surface area contributed by atoms with Crippen molar-refractivity contribution in [1.82, 2.24) is 0 Å². The lowest BCUT2D eigenvalue weighted by molar-refractivity contribution is 1.13. The zero-order chi connectivity index (χ0) is 16.1. The van der Waals surface area contributed by atoms with E-state index in [-0.39, 0.29) is 0 Å². The molecule has 0 amide bonds. The van der Waals surface area contributed by atoms with Crippen LogP contribution in [0.3, 0.4) is 0 Å². The van der Waals surface area contributed by atoms with E-state index in [1.165, 1.54) is 5.56 Å². The first-order valence-corrected chi connectivity index (χ1v) is 7.71. The first kappa shape index (κ1) is 15.0. The molecule has 3 nitrogen and oxygen atoms in total. The molecule has 0 fully saturated rings. The largest absolute Gasteiger partial charge is 0.399 e. The van der Waals surface area contributed by atoms with Crippen LogP contribution in [0.4, 0.5) is 17.1 Å². The summed E-state index contributed by atoms with van der Waals surface area (Å²) >= 11 is 0. The van der Waals surface area contributed by atoms with Gasteiger partial charge in [-0.2, -0.15) is 10.2 Å². The van der Waals surface area contributed by atoms with Crippen LogP contribution in [0.2, 0.25) is 0 Å². The molecule has 2 N–H and O–H groups in total. The van der Waals surface area contributed by atoms with E-state index in [9.17, 15) is 0 Å². The molecular formula is C20H19N3. The van der Waals surface area contributed by atoms with Crippen molar-refractivity contribution >= 4 is 17.1 Å². The van der Waals surface area contributed by atoms with Gasteiger partial charge >= 0.3 is 0 Å². The summed E-state index contributed by atoms with van der Waals surface area (Å²) in [6.07, 6.45) is 1.03. The number of nitrogens with two attached hydrogens (primary N) is 1. The van der Waals surface area contributed by atoms with Crippen molar-refractivity contribution in [2.75, 3.05) is 5.73 Å². The molecule has 0 saturated carbocycles. The summed E-state index contributed by atoms with van der Waals surface area (Å²) in [5.74, 6) is 0. The van der Waals surface area contributed by atoms with E-state index >= 15 is 0 Å². The number of nitrogens with zero attached hydrogens (tertiary/aromatic N) is 2. The molecule has 3 rings (SSSR count). The lowest BCUT2D eigenvalue weighted by Crippen LogP contribution is -1.83. The summed E-state index contributed by atoms with van der Waals surface area (Å²) in [7, 11) is 0. The molecule has 23 heavy (non-hydrogen) atoms. The zero-order valence-corrected chi connectivity index (χ0v) is 13.1. The van der Waals surface area contributed by atoms with Crippen molar-refractivity contribution in [2.24, 2.45) is 10.2 Å². The lowest BCUT2D eigenvalue weighted by Gasteiger charge is -2.02. The zero-order valence-electron chi connectivity index (χ0n) is 13.1. The van der Waals surface area contributed by atoms with E-state index in [4.69, 9.17) is 5.73 Å². The van der Waals surface area contributed by atoms with Crippen LogP contribution in [0, 0.1) is 0 Å². The highest BCUT2D eigenvalue weighted by atomic mass is 15.1. The number of hydrogen-bond donors (Lipinski definition) is 1. The first-order valence-electron chi connectivity index (χ1n) is 7.71. The van der Waals surface area contributed by atoms with Crippen LogP contribution in [-0.4, -0.2) is 0 Å². The molecule has 0 aromatic heterocycles. The fourth-order valence-corrected chi connectivity index (χ4v) is 2.31. The molecule has 0 radical (unpaired) electrons. The van der Waals surface area contributed by atoms with E-state index in [0.717, 1.165) is 34.6 Å². The molecule has 0 heterocycles. The third kappa shape index (κ3) is 3.83. The van der Waals surface area contributed by atoms with Crippen molar-refractivity contribution in [1.29, 1.82) is 0 Å². The number of hydrogen-bond acceptors (Lipinski definition) is 3. The number of benzene rings is 3. The highest BCUT2D eigenvalue weighted by molar-refractivity contribution is 5.67. The number of rotatable bonds is 4. The van der Waals surface area contributed by atoms with Crippen molar-refractivity contribution < 1.29 is 0 Å². The molecule has 3 heteroatoms. The van der Waals surface area contributed by atoms with Crippen LogP contribution < -0.4 is 5.73 Å². The monoisotopic (exact) mass is 301 g/mol. The molecular weight excluding hydrogens is 282 g/mol. The second-order valence-corrected chi connectivity index (χ2v) is 5.39. The smallest absolute Gasteiger partial charge is 0.0857 e. The standard InChI is InChI=1S/C20H19N3/c1-2-15-3-11-19(12-4-15)22-23-20-13-7-17(8-14-20)16-5-9-18(21)10-6-16/h3-14H,2,21H2,1H3. The van der Waals surface area contributed by atoms with Gasteiger partial charge in [0.1, 0.15) is 0 Å². The summed E-state index contributed by atoms with van der Waals surface area (Å²) in [4.78, 5) is 0. The summed E-state index contributed by atoms with van der Waals surface area (Å²) in [5, 5.41) is 8.56. The quantitative estimate of drug-likeness (QED) is 0.472. The Labute approximate surface area is 136 Å². The topological polar surface area (TPSA) is 50.7 Å². The van der Waals surface area contributed by atoms with E-state index in [0.29, 0.717) is 0 Å². The normalized spacial score (nSPS) is 11.0. The maximum absolute atomic E-state index is 5.71. The third-order valence-corrected chi connectivity index (χ3v) is 3.74. The fourth-order valence-electron chi connectivity index (χ4n) is 2.31. The van der Waals surface area contributed by atoms with Crippen molar-refractivity contribution in [3.8, 4) is 11.1 Å². The Bertz CT molecular complexity index is 786. The molecule has 3 aromatic rings.